The van der Waals surface area contributed by atoms with Crippen molar-refractivity contribution in [2.75, 3.05) is 6.54 Å². The number of hydrogen-bond acceptors (Lipinski definition) is 3. The molecule has 1 unspecified atom stereocenters. The summed E-state index contributed by atoms with van der Waals surface area (Å²) in [6.45, 7) is 10.8. The molecular weight excluding hydrogens is 450 g/mol. The van der Waals surface area contributed by atoms with Crippen LogP contribution in [0.1, 0.15) is 72.3 Å². The van der Waals surface area contributed by atoms with Gasteiger partial charge in [-0.15, -0.1) is 0 Å². The second-order valence-corrected chi connectivity index (χ2v) is 9.74. The molecule has 0 fully saturated rings. The number of aliphatic carboxylic acids is 1. The number of aryl methyl sites for hydroxylation is 3. The normalized spacial score (nSPS) is 11.8. The highest BCUT2D eigenvalue weighted by atomic mass is 16.5. The quantitative estimate of drug-likeness (QED) is 0.308. The summed E-state index contributed by atoms with van der Waals surface area (Å²) in [4.78, 5) is 23.0. The van der Waals surface area contributed by atoms with Crippen LogP contribution in [0.5, 0.6) is 5.75 Å². The summed E-state index contributed by atoms with van der Waals surface area (Å²) >= 11 is 0. The number of carboxylic acid groups (broad SMARTS) is 1. The molecule has 3 aromatic carbocycles. The number of nitrogens with one attached hydrogen (secondary N) is 1. The summed E-state index contributed by atoms with van der Waals surface area (Å²) in [7, 11) is 0. The first-order valence-corrected chi connectivity index (χ1v) is 12.6. The molecule has 0 aliphatic rings. The van der Waals surface area contributed by atoms with Gasteiger partial charge in [-0.05, 0) is 90.3 Å². The van der Waals surface area contributed by atoms with Gasteiger partial charge < -0.3 is 15.2 Å². The van der Waals surface area contributed by atoms with E-state index >= 15 is 0 Å². The number of carboxylic acids is 1. The van der Waals surface area contributed by atoms with Crippen LogP contribution in [0.3, 0.4) is 0 Å². The molecule has 5 nitrogen and oxygen atoms in total. The van der Waals surface area contributed by atoms with Gasteiger partial charge >= 0.3 is 5.97 Å². The Morgan fingerprint density at radius 2 is 1.56 bits per heavy atom. The first-order chi connectivity index (χ1) is 17.2. The van der Waals surface area contributed by atoms with Gasteiger partial charge in [-0.3, -0.25) is 9.59 Å². The third-order valence-corrected chi connectivity index (χ3v) is 6.29. The van der Waals surface area contributed by atoms with E-state index < -0.39 is 5.97 Å². The SMILES string of the molecule is CCc1ccc(-c2c(C)cc(OC(CC(C)C)c3ccc(C(=O)NCCC(=O)O)cc3)cc2C)cc1. The van der Waals surface area contributed by atoms with Crippen LogP contribution in [0, 0.1) is 19.8 Å². The molecule has 0 aliphatic heterocycles. The molecule has 0 bridgehead atoms. The topological polar surface area (TPSA) is 75.6 Å². The summed E-state index contributed by atoms with van der Waals surface area (Å²) in [6, 6.07) is 20.3. The lowest BCUT2D eigenvalue weighted by Crippen LogP contribution is -2.26. The monoisotopic (exact) mass is 487 g/mol. The van der Waals surface area contributed by atoms with Crippen LogP contribution >= 0.6 is 0 Å². The van der Waals surface area contributed by atoms with Crippen molar-refractivity contribution >= 4 is 11.9 Å². The summed E-state index contributed by atoms with van der Waals surface area (Å²) < 4.78 is 6.53. The van der Waals surface area contributed by atoms with Crippen molar-refractivity contribution in [1.82, 2.24) is 5.32 Å². The molecule has 36 heavy (non-hydrogen) atoms. The van der Waals surface area contributed by atoms with E-state index in [0.29, 0.717) is 11.5 Å². The van der Waals surface area contributed by atoms with Crippen molar-refractivity contribution in [2.24, 2.45) is 5.92 Å². The molecule has 3 aromatic rings. The highest BCUT2D eigenvalue weighted by Gasteiger charge is 2.18. The van der Waals surface area contributed by atoms with Gasteiger partial charge in [0.2, 0.25) is 0 Å². The fourth-order valence-corrected chi connectivity index (χ4v) is 4.43. The zero-order chi connectivity index (χ0) is 26.2. The lowest BCUT2D eigenvalue weighted by molar-refractivity contribution is -0.136. The van der Waals surface area contributed by atoms with Gasteiger partial charge in [0.05, 0.1) is 6.42 Å². The van der Waals surface area contributed by atoms with Crippen molar-refractivity contribution in [2.45, 2.75) is 60.0 Å². The van der Waals surface area contributed by atoms with E-state index in [1.807, 2.05) is 12.1 Å². The Morgan fingerprint density at radius 3 is 2.08 bits per heavy atom. The van der Waals surface area contributed by atoms with Crippen molar-refractivity contribution < 1.29 is 19.4 Å². The molecule has 5 heteroatoms. The van der Waals surface area contributed by atoms with Gasteiger partial charge in [-0.25, -0.2) is 0 Å². The molecule has 0 spiro atoms. The van der Waals surface area contributed by atoms with Crippen molar-refractivity contribution in [3.8, 4) is 16.9 Å². The summed E-state index contributed by atoms with van der Waals surface area (Å²) in [6.07, 6.45) is 1.61. The van der Waals surface area contributed by atoms with E-state index in [1.54, 1.807) is 12.1 Å². The summed E-state index contributed by atoms with van der Waals surface area (Å²) in [5, 5.41) is 11.4. The van der Waals surface area contributed by atoms with E-state index in [2.05, 4.69) is 76.3 Å². The van der Waals surface area contributed by atoms with Crippen LogP contribution in [0.4, 0.5) is 0 Å². The smallest absolute Gasteiger partial charge is 0.305 e. The molecule has 0 radical (unpaired) electrons. The molecule has 1 amide bonds. The first kappa shape index (κ1) is 27.0. The van der Waals surface area contributed by atoms with E-state index in [1.165, 1.54) is 27.8 Å². The van der Waals surface area contributed by atoms with Crippen LogP contribution < -0.4 is 10.1 Å². The molecule has 0 saturated carbocycles. The Bertz CT molecular complexity index is 1160. The number of carbonyl (C=O) groups is 2. The lowest BCUT2D eigenvalue weighted by Gasteiger charge is -2.23. The van der Waals surface area contributed by atoms with Crippen LogP contribution in [0.25, 0.3) is 11.1 Å². The van der Waals surface area contributed by atoms with Crippen molar-refractivity contribution in [3.63, 3.8) is 0 Å². The van der Waals surface area contributed by atoms with E-state index in [-0.39, 0.29) is 25.0 Å². The average molecular weight is 488 g/mol. The maximum atomic E-state index is 12.3. The highest BCUT2D eigenvalue weighted by molar-refractivity contribution is 5.94. The van der Waals surface area contributed by atoms with Gasteiger partial charge in [0.1, 0.15) is 11.9 Å². The summed E-state index contributed by atoms with van der Waals surface area (Å²) in [5.74, 6) is 0.0396. The Hall–Kier alpha value is -3.60. The fraction of sp³-hybridized carbons (Fsp3) is 0.355. The predicted molar refractivity (Wildman–Crippen MR) is 145 cm³/mol. The number of rotatable bonds is 11. The molecule has 190 valence electrons. The predicted octanol–water partition coefficient (Wildman–Crippen LogP) is 6.90. The second kappa shape index (κ2) is 12.4. The molecule has 0 saturated heterocycles. The van der Waals surface area contributed by atoms with Gasteiger partial charge in [0, 0.05) is 12.1 Å². The Kier molecular flexibility index (Phi) is 9.29. The summed E-state index contributed by atoms with van der Waals surface area (Å²) in [5.41, 5.74) is 7.62. The third kappa shape index (κ3) is 7.20. The van der Waals surface area contributed by atoms with E-state index in [4.69, 9.17) is 9.84 Å². The van der Waals surface area contributed by atoms with Crippen LogP contribution in [0.15, 0.2) is 60.7 Å². The molecule has 0 heterocycles. The zero-order valence-corrected chi connectivity index (χ0v) is 21.9. The van der Waals surface area contributed by atoms with Crippen molar-refractivity contribution in [1.29, 1.82) is 0 Å². The fourth-order valence-electron chi connectivity index (χ4n) is 4.43. The van der Waals surface area contributed by atoms with Crippen LogP contribution in [0.2, 0.25) is 0 Å². The maximum Gasteiger partial charge on any atom is 0.305 e. The lowest BCUT2D eigenvalue weighted by atomic mass is 9.94. The highest BCUT2D eigenvalue weighted by Crippen LogP contribution is 2.34. The Balaban J connectivity index is 1.79. The molecule has 0 aromatic heterocycles. The molecule has 3 rings (SSSR count). The van der Waals surface area contributed by atoms with E-state index in [0.717, 1.165) is 24.2 Å². The molecular formula is C31H37NO4. The number of carbonyl (C=O) groups excluding carboxylic acids is 1. The van der Waals surface area contributed by atoms with Gasteiger partial charge in [-0.1, -0.05) is 57.2 Å². The van der Waals surface area contributed by atoms with Gasteiger partial charge in [0.15, 0.2) is 0 Å². The molecule has 1 atom stereocenters. The number of benzene rings is 3. The largest absolute Gasteiger partial charge is 0.486 e. The Labute approximate surface area is 214 Å². The van der Waals surface area contributed by atoms with Gasteiger partial charge in [0.25, 0.3) is 5.91 Å². The van der Waals surface area contributed by atoms with Crippen LogP contribution in [-0.4, -0.2) is 23.5 Å². The molecule has 2 N–H and O–H groups in total. The van der Waals surface area contributed by atoms with Crippen molar-refractivity contribution in [3.05, 3.63) is 88.5 Å². The van der Waals surface area contributed by atoms with E-state index in [9.17, 15) is 9.59 Å². The second-order valence-electron chi connectivity index (χ2n) is 9.74. The minimum atomic E-state index is -0.938. The zero-order valence-electron chi connectivity index (χ0n) is 21.9. The standard InChI is InChI=1S/C31H37NO4/c1-6-23-7-9-25(10-8-23)30-21(4)18-27(19-22(30)5)36-28(17-20(2)3)24-11-13-26(14-12-24)31(35)32-16-15-29(33)34/h7-14,18-20,28H,6,15-17H2,1-5H3,(H,32,35)(H,33,34). The average Bonchev–Trinajstić information content (AvgIpc) is 2.83. The minimum Gasteiger partial charge on any atom is -0.486 e. The third-order valence-electron chi connectivity index (χ3n) is 6.29. The number of ether oxygens (including phenoxy) is 1. The first-order valence-electron chi connectivity index (χ1n) is 12.6. The number of hydrogen-bond donors (Lipinski definition) is 2. The minimum absolute atomic E-state index is 0.101. The Morgan fingerprint density at radius 1 is 0.944 bits per heavy atom. The molecule has 0 aliphatic carbocycles. The van der Waals surface area contributed by atoms with Crippen LogP contribution in [-0.2, 0) is 11.2 Å². The van der Waals surface area contributed by atoms with Gasteiger partial charge in [-0.2, -0.15) is 0 Å². The number of amides is 1. The maximum absolute atomic E-state index is 12.3.